The fourth-order valence-corrected chi connectivity index (χ4v) is 2.58. The van der Waals surface area contributed by atoms with Gasteiger partial charge in [0.25, 0.3) is 0 Å². The van der Waals surface area contributed by atoms with Crippen molar-refractivity contribution in [3.05, 3.63) is 30.2 Å². The van der Waals surface area contributed by atoms with Gasteiger partial charge in [0.1, 0.15) is 24.8 Å². The van der Waals surface area contributed by atoms with Crippen molar-refractivity contribution >= 4 is 29.3 Å². The Kier molecular flexibility index (Phi) is 5.67. The van der Waals surface area contributed by atoms with Crippen molar-refractivity contribution in [1.82, 2.24) is 19.9 Å². The Morgan fingerprint density at radius 3 is 2.96 bits per heavy atom. The Hall–Kier alpha value is -2.68. The van der Waals surface area contributed by atoms with Crippen molar-refractivity contribution < 1.29 is 18.7 Å². The number of alkyl halides is 1. The number of hydrogen-bond acceptors (Lipinski definition) is 5. The quantitative estimate of drug-likeness (QED) is 0.744. The molecule has 0 bridgehead atoms. The van der Waals surface area contributed by atoms with Crippen LogP contribution in [0.25, 0.3) is 11.3 Å². The summed E-state index contributed by atoms with van der Waals surface area (Å²) in [5, 5.41) is 10.4. The average Bonchev–Trinajstić information content (AvgIpc) is 3.25. The topological polar surface area (TPSA) is 89.4 Å². The van der Waals surface area contributed by atoms with Crippen LogP contribution in [0.15, 0.2) is 24.4 Å². The van der Waals surface area contributed by atoms with E-state index in [0.717, 1.165) is 0 Å². The molecule has 1 aliphatic heterocycles. The van der Waals surface area contributed by atoms with E-state index in [-0.39, 0.29) is 24.7 Å². The lowest BCUT2D eigenvalue weighted by atomic mass is 10.1. The van der Waals surface area contributed by atoms with Gasteiger partial charge in [-0.15, -0.1) is 16.7 Å². The van der Waals surface area contributed by atoms with Crippen LogP contribution in [0.3, 0.4) is 0 Å². The maximum atomic E-state index is 14.2. The highest BCUT2D eigenvalue weighted by Gasteiger charge is 2.22. The van der Waals surface area contributed by atoms with Gasteiger partial charge in [0.2, 0.25) is 5.91 Å². The Labute approximate surface area is 153 Å². The summed E-state index contributed by atoms with van der Waals surface area (Å²) in [5.74, 6) is -0.486. The highest BCUT2D eigenvalue weighted by molar-refractivity contribution is 6.18. The van der Waals surface area contributed by atoms with Gasteiger partial charge in [-0.2, -0.15) is 0 Å². The predicted molar refractivity (Wildman–Crippen MR) is 92.1 cm³/mol. The summed E-state index contributed by atoms with van der Waals surface area (Å²) in [7, 11) is 0. The van der Waals surface area contributed by atoms with Crippen molar-refractivity contribution in [2.45, 2.75) is 19.5 Å². The molecule has 1 saturated heterocycles. The highest BCUT2D eigenvalue weighted by Crippen LogP contribution is 2.23. The first-order chi connectivity index (χ1) is 12.6. The molecule has 1 aromatic heterocycles. The number of ether oxygens (including phenoxy) is 1. The zero-order chi connectivity index (χ0) is 18.5. The predicted octanol–water partition coefficient (Wildman–Crippen LogP) is 2.45. The number of carbonyl (C=O) groups is 2. The first kappa shape index (κ1) is 18.1. The second kappa shape index (κ2) is 8.13. The van der Waals surface area contributed by atoms with Gasteiger partial charge >= 0.3 is 6.09 Å². The second-order valence-electron chi connectivity index (χ2n) is 5.70. The number of nitrogens with one attached hydrogen (secondary N) is 1. The van der Waals surface area contributed by atoms with E-state index >= 15 is 0 Å². The summed E-state index contributed by atoms with van der Waals surface area (Å²) in [5.41, 5.74) is 1.06. The van der Waals surface area contributed by atoms with Gasteiger partial charge < -0.3 is 10.1 Å². The zero-order valence-electron chi connectivity index (χ0n) is 13.8. The molecule has 0 atom stereocenters. The minimum Gasteiger partial charge on any atom is -0.447 e. The van der Waals surface area contributed by atoms with Crippen molar-refractivity contribution in [1.29, 1.82) is 0 Å². The maximum absolute atomic E-state index is 14.2. The lowest BCUT2D eigenvalue weighted by molar-refractivity contribution is -0.116. The minimum atomic E-state index is -0.570. The van der Waals surface area contributed by atoms with E-state index in [2.05, 4.69) is 15.6 Å². The maximum Gasteiger partial charge on any atom is 0.411 e. The molecule has 2 heterocycles. The van der Waals surface area contributed by atoms with E-state index in [9.17, 15) is 14.0 Å². The number of hydrogen-bond donors (Lipinski definition) is 1. The van der Waals surface area contributed by atoms with Gasteiger partial charge in [-0.3, -0.25) is 9.69 Å². The van der Waals surface area contributed by atoms with Crippen LogP contribution in [-0.4, -0.2) is 50.9 Å². The van der Waals surface area contributed by atoms with Crippen molar-refractivity contribution in [2.24, 2.45) is 0 Å². The summed E-state index contributed by atoms with van der Waals surface area (Å²) in [4.78, 5) is 24.6. The van der Waals surface area contributed by atoms with Gasteiger partial charge in [-0.1, -0.05) is 11.3 Å². The molecule has 0 unspecified atom stereocenters. The number of halogens is 2. The van der Waals surface area contributed by atoms with E-state index in [0.29, 0.717) is 36.7 Å². The van der Waals surface area contributed by atoms with Crippen molar-refractivity contribution in [3.8, 4) is 11.3 Å². The Morgan fingerprint density at radius 1 is 1.42 bits per heavy atom. The van der Waals surface area contributed by atoms with Gasteiger partial charge in [-0.05, 0) is 18.6 Å². The number of rotatable bonds is 7. The third kappa shape index (κ3) is 4.29. The van der Waals surface area contributed by atoms with Crippen LogP contribution in [0.4, 0.5) is 14.9 Å². The first-order valence-electron chi connectivity index (χ1n) is 8.04. The molecule has 26 heavy (non-hydrogen) atoms. The molecule has 1 N–H and O–H groups in total. The molecule has 0 spiro atoms. The third-order valence-corrected chi connectivity index (χ3v) is 4.04. The molecule has 0 radical (unpaired) electrons. The smallest absolute Gasteiger partial charge is 0.411 e. The summed E-state index contributed by atoms with van der Waals surface area (Å²) < 4.78 is 20.6. The lowest BCUT2D eigenvalue weighted by Gasteiger charge is -2.11. The molecule has 0 saturated carbocycles. The molecule has 3 rings (SSSR count). The minimum absolute atomic E-state index is 0.0977. The molecule has 1 fully saturated rings. The van der Waals surface area contributed by atoms with Crippen LogP contribution in [0.1, 0.15) is 12.8 Å². The Bertz CT molecular complexity index is 813. The molecule has 8 nitrogen and oxygen atoms in total. The van der Waals surface area contributed by atoms with Crippen LogP contribution < -0.4 is 5.32 Å². The van der Waals surface area contributed by atoms with Crippen molar-refractivity contribution in [2.75, 3.05) is 24.3 Å². The number of benzene rings is 1. The monoisotopic (exact) mass is 381 g/mol. The van der Waals surface area contributed by atoms with Gasteiger partial charge in [0.05, 0.1) is 18.4 Å². The number of aromatic nitrogens is 3. The number of nitrogens with zero attached hydrogens (tertiary/aromatic N) is 4. The average molecular weight is 382 g/mol. The van der Waals surface area contributed by atoms with Gasteiger partial charge in [0, 0.05) is 17.9 Å². The fourth-order valence-electron chi connectivity index (χ4n) is 2.44. The molecular formula is C16H17ClFN5O3. The highest BCUT2D eigenvalue weighted by atomic mass is 35.5. The van der Waals surface area contributed by atoms with E-state index in [1.165, 1.54) is 21.7 Å². The lowest BCUT2D eigenvalue weighted by Crippen LogP contribution is -2.27. The zero-order valence-corrected chi connectivity index (χ0v) is 14.6. The number of carbonyl (C=O) groups excluding carboxylic acids is 2. The normalized spacial score (nSPS) is 13.8. The SMILES string of the molecule is O=C(CCCCl)Nc1ccc(-c2cn(CN3CCOC3=O)nn2)cc1F. The van der Waals surface area contributed by atoms with Crippen LogP contribution in [0, 0.1) is 5.82 Å². The van der Waals surface area contributed by atoms with Crippen molar-refractivity contribution in [3.63, 3.8) is 0 Å². The summed E-state index contributed by atoms with van der Waals surface area (Å²) in [6.07, 6.45) is 1.97. The Morgan fingerprint density at radius 2 is 2.27 bits per heavy atom. The fraction of sp³-hybridized carbons (Fsp3) is 0.375. The number of cyclic esters (lactones) is 1. The largest absolute Gasteiger partial charge is 0.447 e. The second-order valence-corrected chi connectivity index (χ2v) is 6.08. The summed E-state index contributed by atoms with van der Waals surface area (Å²) in [6, 6.07) is 4.38. The third-order valence-electron chi connectivity index (χ3n) is 3.78. The molecule has 10 heteroatoms. The first-order valence-corrected chi connectivity index (χ1v) is 8.58. The number of amides is 2. The standard InChI is InChI=1S/C16H17ClFN5O3/c17-5-1-2-15(24)19-13-4-3-11(8-12(13)18)14-9-23(21-20-14)10-22-6-7-26-16(22)25/h3-4,8-9H,1-2,5-7,10H2,(H,19,24). The van der Waals surface area contributed by atoms with Crippen LogP contribution in [-0.2, 0) is 16.2 Å². The molecule has 2 amide bonds. The molecule has 0 aliphatic carbocycles. The molecular weight excluding hydrogens is 365 g/mol. The van der Waals surface area contributed by atoms with Gasteiger partial charge in [-0.25, -0.2) is 13.9 Å². The molecule has 1 aliphatic rings. The summed E-state index contributed by atoms with van der Waals surface area (Å²) >= 11 is 5.53. The van der Waals surface area contributed by atoms with E-state index in [1.54, 1.807) is 12.3 Å². The van der Waals surface area contributed by atoms with Crippen LogP contribution >= 0.6 is 11.6 Å². The van der Waals surface area contributed by atoms with E-state index < -0.39 is 11.9 Å². The number of anilines is 1. The van der Waals surface area contributed by atoms with Crippen LogP contribution in [0.2, 0.25) is 0 Å². The molecule has 1 aromatic carbocycles. The summed E-state index contributed by atoms with van der Waals surface area (Å²) in [6.45, 7) is 1.05. The Balaban J connectivity index is 1.67. The van der Waals surface area contributed by atoms with E-state index in [1.807, 2.05) is 0 Å². The van der Waals surface area contributed by atoms with Crippen LogP contribution in [0.5, 0.6) is 0 Å². The molecule has 138 valence electrons. The van der Waals surface area contributed by atoms with Gasteiger partial charge in [0.15, 0.2) is 0 Å². The van der Waals surface area contributed by atoms with E-state index in [4.69, 9.17) is 16.3 Å². The molecule has 2 aromatic rings.